The first kappa shape index (κ1) is 23.8. The third-order valence-corrected chi connectivity index (χ3v) is 5.45. The quantitative estimate of drug-likeness (QED) is 0.653. The molecule has 11 heteroatoms. The lowest BCUT2D eigenvalue weighted by molar-refractivity contribution is -0.137. The molecule has 1 aromatic carbocycles. The zero-order chi connectivity index (χ0) is 23.5. The maximum atomic E-state index is 12.9. The monoisotopic (exact) mass is 473 g/mol. The first-order chi connectivity index (χ1) is 15.2. The second kappa shape index (κ2) is 9.72. The highest BCUT2D eigenvalue weighted by Gasteiger charge is 2.35. The van der Waals surface area contributed by atoms with Crippen LogP contribution in [0.4, 0.5) is 19.0 Å². The van der Waals surface area contributed by atoms with Gasteiger partial charge in [-0.2, -0.15) is 13.2 Å². The van der Waals surface area contributed by atoms with Crippen molar-refractivity contribution in [3.8, 4) is 17.2 Å². The van der Waals surface area contributed by atoms with Crippen LogP contribution in [0.25, 0.3) is 0 Å². The topological polar surface area (TPSA) is 72.9 Å². The average molecular weight is 474 g/mol. The fourth-order valence-corrected chi connectivity index (χ4v) is 3.91. The molecule has 1 aliphatic heterocycles. The number of pyridine rings is 1. The van der Waals surface area contributed by atoms with Gasteiger partial charge in [-0.3, -0.25) is 4.79 Å². The molecule has 0 aliphatic carbocycles. The standard InChI is InChI=1S/C21H23ClF3N3O4/c1-30-16-7-12(8-17(31-2)18(16)32-3)10-27-20(29)15-5-4-6-28(15)19-14(22)9-13(11-26-19)21(23,24)25/h7-9,11,15H,4-6,10H2,1-3H3,(H,27,29)/t15-/m0/s1. The Kier molecular flexibility index (Phi) is 7.22. The molecule has 1 aliphatic rings. The van der Waals surface area contributed by atoms with Gasteiger partial charge < -0.3 is 24.4 Å². The molecule has 1 saturated heterocycles. The van der Waals surface area contributed by atoms with E-state index < -0.39 is 17.8 Å². The number of methoxy groups -OCH3 is 3. The molecular weight excluding hydrogens is 451 g/mol. The fraction of sp³-hybridized carbons (Fsp3) is 0.429. The molecule has 0 saturated carbocycles. The summed E-state index contributed by atoms with van der Waals surface area (Å²) >= 11 is 6.08. The van der Waals surface area contributed by atoms with Crippen LogP contribution in [0.5, 0.6) is 17.2 Å². The molecular formula is C21H23ClF3N3O4. The lowest BCUT2D eigenvalue weighted by Crippen LogP contribution is -2.43. The minimum absolute atomic E-state index is 0.149. The highest BCUT2D eigenvalue weighted by molar-refractivity contribution is 6.33. The van der Waals surface area contributed by atoms with Gasteiger partial charge in [0.25, 0.3) is 0 Å². The number of anilines is 1. The summed E-state index contributed by atoms with van der Waals surface area (Å²) in [5.74, 6) is 1.23. The van der Waals surface area contributed by atoms with Gasteiger partial charge in [0.1, 0.15) is 11.9 Å². The minimum atomic E-state index is -4.54. The van der Waals surface area contributed by atoms with E-state index in [1.807, 2.05) is 0 Å². The predicted molar refractivity (Wildman–Crippen MR) is 113 cm³/mol. The second-order valence-electron chi connectivity index (χ2n) is 7.13. The molecule has 32 heavy (non-hydrogen) atoms. The Bertz CT molecular complexity index is 962. The van der Waals surface area contributed by atoms with E-state index in [2.05, 4.69) is 10.3 Å². The van der Waals surface area contributed by atoms with E-state index in [-0.39, 0.29) is 23.3 Å². The number of aromatic nitrogens is 1. The van der Waals surface area contributed by atoms with Crippen molar-refractivity contribution >= 4 is 23.3 Å². The Morgan fingerprint density at radius 2 is 1.84 bits per heavy atom. The molecule has 0 bridgehead atoms. The molecule has 174 valence electrons. The summed E-state index contributed by atoms with van der Waals surface area (Å²) in [6, 6.07) is 3.68. The third kappa shape index (κ3) is 4.95. The van der Waals surface area contributed by atoms with Crippen molar-refractivity contribution in [1.29, 1.82) is 0 Å². The first-order valence-electron chi connectivity index (χ1n) is 9.75. The van der Waals surface area contributed by atoms with E-state index in [0.29, 0.717) is 36.6 Å². The number of ether oxygens (including phenoxy) is 3. The number of carbonyl (C=O) groups excluding carboxylic acids is 1. The van der Waals surface area contributed by atoms with Crippen LogP contribution in [0.3, 0.4) is 0 Å². The molecule has 1 N–H and O–H groups in total. The van der Waals surface area contributed by atoms with Gasteiger partial charge in [-0.05, 0) is 36.6 Å². The summed E-state index contributed by atoms with van der Waals surface area (Å²) in [6.45, 7) is 0.647. The van der Waals surface area contributed by atoms with Crippen LogP contribution in [0, 0.1) is 0 Å². The van der Waals surface area contributed by atoms with Crippen LogP contribution in [0.1, 0.15) is 24.0 Å². The highest BCUT2D eigenvalue weighted by atomic mass is 35.5. The number of alkyl halides is 3. The molecule has 7 nitrogen and oxygen atoms in total. The van der Waals surface area contributed by atoms with Crippen molar-refractivity contribution in [3.05, 3.63) is 40.5 Å². The number of rotatable bonds is 7. The largest absolute Gasteiger partial charge is 0.493 e. The Labute approximate surface area is 188 Å². The molecule has 3 rings (SSSR count). The summed E-state index contributed by atoms with van der Waals surface area (Å²) in [6.07, 6.45) is -2.61. The van der Waals surface area contributed by atoms with Gasteiger partial charge in [-0.15, -0.1) is 0 Å². The summed E-state index contributed by atoms with van der Waals surface area (Å²) in [5.41, 5.74) is -0.211. The Morgan fingerprint density at radius 3 is 2.38 bits per heavy atom. The summed E-state index contributed by atoms with van der Waals surface area (Å²) < 4.78 is 54.6. The lowest BCUT2D eigenvalue weighted by atomic mass is 10.1. The smallest absolute Gasteiger partial charge is 0.417 e. The minimum Gasteiger partial charge on any atom is -0.493 e. The lowest BCUT2D eigenvalue weighted by Gasteiger charge is -2.26. The average Bonchev–Trinajstić information content (AvgIpc) is 3.25. The highest BCUT2D eigenvalue weighted by Crippen LogP contribution is 2.38. The number of hydrogen-bond donors (Lipinski definition) is 1. The van der Waals surface area contributed by atoms with Crippen molar-refractivity contribution < 1.29 is 32.2 Å². The molecule has 2 aromatic rings. The number of benzene rings is 1. The normalized spacial score (nSPS) is 16.1. The van der Waals surface area contributed by atoms with Gasteiger partial charge in [0.15, 0.2) is 11.5 Å². The van der Waals surface area contributed by atoms with Crippen molar-refractivity contribution in [2.45, 2.75) is 31.6 Å². The zero-order valence-electron chi connectivity index (χ0n) is 17.8. The van der Waals surface area contributed by atoms with Crippen molar-refractivity contribution in [2.75, 3.05) is 32.8 Å². The second-order valence-corrected chi connectivity index (χ2v) is 7.54. The van der Waals surface area contributed by atoms with E-state index in [1.54, 1.807) is 17.0 Å². The van der Waals surface area contributed by atoms with E-state index in [4.69, 9.17) is 25.8 Å². The number of halogens is 4. The van der Waals surface area contributed by atoms with E-state index in [0.717, 1.165) is 17.8 Å². The summed E-state index contributed by atoms with van der Waals surface area (Å²) in [4.78, 5) is 18.4. The van der Waals surface area contributed by atoms with E-state index >= 15 is 0 Å². The SMILES string of the molecule is COc1cc(CNC(=O)[C@@H]2CCCN2c2ncc(C(F)(F)F)cc2Cl)cc(OC)c1OC. The fourth-order valence-electron chi connectivity index (χ4n) is 3.63. The Morgan fingerprint density at radius 1 is 1.19 bits per heavy atom. The van der Waals surface area contributed by atoms with Gasteiger partial charge in [0.05, 0.1) is 31.9 Å². The molecule has 1 fully saturated rings. The predicted octanol–water partition coefficient (Wildman–Crippen LogP) is 4.06. The summed E-state index contributed by atoms with van der Waals surface area (Å²) in [7, 11) is 4.49. The van der Waals surface area contributed by atoms with Crippen LogP contribution in [0.15, 0.2) is 24.4 Å². The van der Waals surface area contributed by atoms with Crippen LogP contribution >= 0.6 is 11.6 Å². The molecule has 0 radical (unpaired) electrons. The number of hydrogen-bond acceptors (Lipinski definition) is 6. The Hall–Kier alpha value is -2.88. The van der Waals surface area contributed by atoms with Crippen LogP contribution < -0.4 is 24.4 Å². The van der Waals surface area contributed by atoms with Gasteiger partial charge in [0.2, 0.25) is 11.7 Å². The number of nitrogens with zero attached hydrogens (tertiary/aromatic N) is 2. The summed E-state index contributed by atoms with van der Waals surface area (Å²) in [5, 5.41) is 2.70. The molecule has 1 aromatic heterocycles. The van der Waals surface area contributed by atoms with Crippen LogP contribution in [-0.2, 0) is 17.5 Å². The van der Waals surface area contributed by atoms with E-state index in [1.165, 1.54) is 21.3 Å². The molecule has 0 unspecified atom stereocenters. The van der Waals surface area contributed by atoms with Crippen molar-refractivity contribution in [1.82, 2.24) is 10.3 Å². The molecule has 1 atom stereocenters. The maximum absolute atomic E-state index is 12.9. The van der Waals surface area contributed by atoms with E-state index in [9.17, 15) is 18.0 Å². The number of nitrogens with one attached hydrogen (secondary N) is 1. The zero-order valence-corrected chi connectivity index (χ0v) is 18.5. The van der Waals surface area contributed by atoms with Gasteiger partial charge >= 0.3 is 6.18 Å². The number of carbonyl (C=O) groups is 1. The Balaban J connectivity index is 1.74. The van der Waals surface area contributed by atoms with Gasteiger partial charge in [0, 0.05) is 19.3 Å². The molecule has 2 heterocycles. The molecule has 0 spiro atoms. The van der Waals surface area contributed by atoms with Crippen LogP contribution in [0.2, 0.25) is 5.02 Å². The van der Waals surface area contributed by atoms with Crippen molar-refractivity contribution in [3.63, 3.8) is 0 Å². The number of amides is 1. The van der Waals surface area contributed by atoms with Gasteiger partial charge in [-0.1, -0.05) is 11.6 Å². The maximum Gasteiger partial charge on any atom is 0.417 e. The first-order valence-corrected chi connectivity index (χ1v) is 10.1. The third-order valence-electron chi connectivity index (χ3n) is 5.17. The molecule has 1 amide bonds. The van der Waals surface area contributed by atoms with Crippen LogP contribution in [-0.4, -0.2) is 44.8 Å². The van der Waals surface area contributed by atoms with Crippen molar-refractivity contribution in [2.24, 2.45) is 0 Å². The van der Waals surface area contributed by atoms with Gasteiger partial charge in [-0.25, -0.2) is 4.98 Å².